The van der Waals surface area contributed by atoms with Crippen LogP contribution in [-0.2, 0) is 17.8 Å². The van der Waals surface area contributed by atoms with E-state index in [9.17, 15) is 4.79 Å². The first-order valence-electron chi connectivity index (χ1n) is 8.98. The standard InChI is InChI=1S/C18H29N3O/c1-3-9-21-14(2)12-19-17(21)11-15-6-5-10-20(13-15)18(22)16-7-4-8-16/h12,15-16H,3-11,13H2,1-2H3. The van der Waals surface area contributed by atoms with Gasteiger partial charge in [0.05, 0.1) is 0 Å². The van der Waals surface area contributed by atoms with Crippen molar-refractivity contribution in [3.8, 4) is 0 Å². The SMILES string of the molecule is CCCn1c(C)cnc1CC1CCCN(C(=O)C2CCC2)C1. The number of aryl methyl sites for hydroxylation is 1. The average molecular weight is 303 g/mol. The third kappa shape index (κ3) is 3.21. The van der Waals surface area contributed by atoms with Crippen LogP contribution in [0.4, 0.5) is 0 Å². The highest BCUT2D eigenvalue weighted by molar-refractivity contribution is 5.79. The van der Waals surface area contributed by atoms with Crippen molar-refractivity contribution in [1.29, 1.82) is 0 Å². The minimum atomic E-state index is 0.336. The monoisotopic (exact) mass is 303 g/mol. The van der Waals surface area contributed by atoms with Crippen molar-refractivity contribution < 1.29 is 4.79 Å². The summed E-state index contributed by atoms with van der Waals surface area (Å²) in [5.74, 6) is 2.55. The third-order valence-electron chi connectivity index (χ3n) is 5.34. The lowest BCUT2D eigenvalue weighted by Gasteiger charge is -2.37. The first-order chi connectivity index (χ1) is 10.7. The molecule has 0 N–H and O–H groups in total. The highest BCUT2D eigenvalue weighted by Crippen LogP contribution is 2.30. The van der Waals surface area contributed by atoms with Crippen LogP contribution in [0, 0.1) is 18.8 Å². The summed E-state index contributed by atoms with van der Waals surface area (Å²) >= 11 is 0. The van der Waals surface area contributed by atoms with Gasteiger partial charge in [-0.1, -0.05) is 13.3 Å². The topological polar surface area (TPSA) is 38.1 Å². The van der Waals surface area contributed by atoms with Gasteiger partial charge in [0, 0.05) is 43.9 Å². The minimum Gasteiger partial charge on any atom is -0.342 e. The van der Waals surface area contributed by atoms with Gasteiger partial charge in [-0.2, -0.15) is 0 Å². The summed E-state index contributed by atoms with van der Waals surface area (Å²) in [6.45, 7) is 7.31. The fraction of sp³-hybridized carbons (Fsp3) is 0.778. The number of likely N-dealkylation sites (tertiary alicyclic amines) is 1. The molecule has 2 fully saturated rings. The van der Waals surface area contributed by atoms with Crippen LogP contribution in [0.15, 0.2) is 6.20 Å². The van der Waals surface area contributed by atoms with Crippen molar-refractivity contribution in [2.75, 3.05) is 13.1 Å². The molecular formula is C18H29N3O. The fourth-order valence-corrected chi connectivity index (χ4v) is 3.81. The first-order valence-corrected chi connectivity index (χ1v) is 8.98. The average Bonchev–Trinajstić information content (AvgIpc) is 2.79. The molecule has 3 rings (SSSR count). The van der Waals surface area contributed by atoms with E-state index in [1.165, 1.54) is 24.4 Å². The largest absolute Gasteiger partial charge is 0.342 e. The van der Waals surface area contributed by atoms with Crippen LogP contribution >= 0.6 is 0 Å². The number of carbonyl (C=O) groups is 1. The molecule has 4 heteroatoms. The maximum absolute atomic E-state index is 12.5. The van der Waals surface area contributed by atoms with E-state index in [-0.39, 0.29) is 0 Å². The Balaban J connectivity index is 1.61. The second-order valence-electron chi connectivity index (χ2n) is 7.09. The van der Waals surface area contributed by atoms with Crippen LogP contribution in [0.1, 0.15) is 57.0 Å². The highest BCUT2D eigenvalue weighted by Gasteiger charge is 2.32. The van der Waals surface area contributed by atoms with Gasteiger partial charge in [-0.05, 0) is 44.9 Å². The number of rotatable bonds is 5. The lowest BCUT2D eigenvalue weighted by atomic mass is 9.83. The Labute approximate surface area is 133 Å². The Morgan fingerprint density at radius 3 is 2.82 bits per heavy atom. The second-order valence-corrected chi connectivity index (χ2v) is 7.09. The molecule has 1 aliphatic carbocycles. The number of hydrogen-bond donors (Lipinski definition) is 0. The van der Waals surface area contributed by atoms with Crippen molar-refractivity contribution >= 4 is 5.91 Å². The molecule has 1 saturated heterocycles. The van der Waals surface area contributed by atoms with Crippen molar-refractivity contribution in [2.45, 2.75) is 65.3 Å². The molecule has 2 heterocycles. The van der Waals surface area contributed by atoms with Crippen molar-refractivity contribution in [3.05, 3.63) is 17.7 Å². The third-order valence-corrected chi connectivity index (χ3v) is 5.34. The second kappa shape index (κ2) is 6.84. The van der Waals surface area contributed by atoms with E-state index in [1.54, 1.807) is 0 Å². The van der Waals surface area contributed by atoms with Crippen LogP contribution in [0.2, 0.25) is 0 Å². The van der Waals surface area contributed by atoms with Crippen LogP contribution < -0.4 is 0 Å². The Hall–Kier alpha value is -1.32. The normalized spacial score (nSPS) is 22.6. The van der Waals surface area contributed by atoms with Gasteiger partial charge in [-0.25, -0.2) is 4.98 Å². The number of aromatic nitrogens is 2. The minimum absolute atomic E-state index is 0.336. The first kappa shape index (κ1) is 15.6. The van der Waals surface area contributed by atoms with E-state index in [2.05, 4.69) is 28.3 Å². The van der Waals surface area contributed by atoms with Crippen molar-refractivity contribution in [3.63, 3.8) is 0 Å². The Kier molecular flexibility index (Phi) is 4.84. The van der Waals surface area contributed by atoms with E-state index in [1.807, 2.05) is 6.20 Å². The zero-order chi connectivity index (χ0) is 15.5. The lowest BCUT2D eigenvalue weighted by molar-refractivity contribution is -0.140. The van der Waals surface area contributed by atoms with Crippen molar-refractivity contribution in [2.24, 2.45) is 11.8 Å². The van der Waals surface area contributed by atoms with E-state index < -0.39 is 0 Å². The molecule has 1 atom stereocenters. The quantitative estimate of drug-likeness (QED) is 0.838. The molecule has 1 saturated carbocycles. The van der Waals surface area contributed by atoms with Crippen LogP contribution in [0.5, 0.6) is 0 Å². The van der Waals surface area contributed by atoms with Crippen LogP contribution in [0.25, 0.3) is 0 Å². The summed E-state index contributed by atoms with van der Waals surface area (Å²) in [4.78, 5) is 19.2. The van der Waals surface area contributed by atoms with E-state index >= 15 is 0 Å². The van der Waals surface area contributed by atoms with E-state index in [4.69, 9.17) is 0 Å². The number of piperidine rings is 1. The molecule has 1 unspecified atom stereocenters. The van der Waals surface area contributed by atoms with Gasteiger partial charge < -0.3 is 9.47 Å². The van der Waals surface area contributed by atoms with Gasteiger partial charge in [-0.3, -0.25) is 4.79 Å². The molecule has 4 nitrogen and oxygen atoms in total. The molecule has 0 bridgehead atoms. The Morgan fingerprint density at radius 1 is 1.32 bits per heavy atom. The lowest BCUT2D eigenvalue weighted by Crippen LogP contribution is -2.45. The maximum atomic E-state index is 12.5. The fourth-order valence-electron chi connectivity index (χ4n) is 3.81. The molecule has 1 aromatic heterocycles. The molecule has 0 spiro atoms. The summed E-state index contributed by atoms with van der Waals surface area (Å²) < 4.78 is 2.35. The zero-order valence-electron chi connectivity index (χ0n) is 14.1. The molecule has 0 aromatic carbocycles. The number of carbonyl (C=O) groups excluding carboxylic acids is 1. The molecule has 1 aliphatic heterocycles. The van der Waals surface area contributed by atoms with Gasteiger partial charge in [0.15, 0.2) is 0 Å². The van der Waals surface area contributed by atoms with Crippen LogP contribution in [-0.4, -0.2) is 33.4 Å². The van der Waals surface area contributed by atoms with Crippen LogP contribution in [0.3, 0.4) is 0 Å². The number of amides is 1. The summed E-state index contributed by atoms with van der Waals surface area (Å²) in [7, 11) is 0. The van der Waals surface area contributed by atoms with Gasteiger partial charge >= 0.3 is 0 Å². The Bertz CT molecular complexity index is 518. The molecule has 1 aromatic rings. The summed E-state index contributed by atoms with van der Waals surface area (Å²) in [5, 5.41) is 0. The van der Waals surface area contributed by atoms with Gasteiger partial charge in [0.2, 0.25) is 5.91 Å². The van der Waals surface area contributed by atoms with Gasteiger partial charge in [-0.15, -0.1) is 0 Å². The number of nitrogens with zero attached hydrogens (tertiary/aromatic N) is 3. The zero-order valence-corrected chi connectivity index (χ0v) is 14.1. The maximum Gasteiger partial charge on any atom is 0.225 e. The van der Waals surface area contributed by atoms with E-state index in [0.717, 1.165) is 51.7 Å². The molecule has 122 valence electrons. The predicted molar refractivity (Wildman–Crippen MR) is 87.6 cm³/mol. The van der Waals surface area contributed by atoms with Gasteiger partial charge in [0.25, 0.3) is 0 Å². The van der Waals surface area contributed by atoms with Crippen molar-refractivity contribution in [1.82, 2.24) is 14.5 Å². The highest BCUT2D eigenvalue weighted by atomic mass is 16.2. The Morgan fingerprint density at radius 2 is 2.14 bits per heavy atom. The molecular weight excluding hydrogens is 274 g/mol. The van der Waals surface area contributed by atoms with Gasteiger partial charge in [0.1, 0.15) is 5.82 Å². The molecule has 22 heavy (non-hydrogen) atoms. The smallest absolute Gasteiger partial charge is 0.225 e. The molecule has 0 radical (unpaired) electrons. The number of imidazole rings is 1. The summed E-state index contributed by atoms with van der Waals surface area (Å²) in [6.07, 6.45) is 9.99. The summed E-state index contributed by atoms with van der Waals surface area (Å²) in [5.41, 5.74) is 1.26. The summed E-state index contributed by atoms with van der Waals surface area (Å²) in [6, 6.07) is 0. The predicted octanol–water partition coefficient (Wildman–Crippen LogP) is 3.18. The molecule has 2 aliphatic rings. The molecule has 1 amide bonds. The number of hydrogen-bond acceptors (Lipinski definition) is 2. The van der Waals surface area contributed by atoms with E-state index in [0.29, 0.717) is 17.7 Å².